The number of nitrogens with zero attached hydrogens (tertiary/aromatic N) is 4. The van der Waals surface area contributed by atoms with Crippen LogP contribution in [0.15, 0.2) is 12.4 Å². The lowest BCUT2D eigenvalue weighted by Crippen LogP contribution is -2.36. The quantitative estimate of drug-likeness (QED) is 0.890. The molecule has 19 heavy (non-hydrogen) atoms. The van der Waals surface area contributed by atoms with Crippen molar-refractivity contribution in [3.63, 3.8) is 0 Å². The molecular formula is C12H19N5OS. The maximum absolute atomic E-state index is 12.1. The fourth-order valence-electron chi connectivity index (χ4n) is 1.77. The molecule has 0 atom stereocenters. The number of thioether (sulfide) groups is 1. The molecule has 104 valence electrons. The lowest BCUT2D eigenvalue weighted by atomic mass is 10.4. The molecule has 0 bridgehead atoms. The lowest BCUT2D eigenvalue weighted by Gasteiger charge is -2.20. The first-order chi connectivity index (χ1) is 9.16. The standard InChI is InChI=1S/C12H19N5OS/c1-16(2)11-13-8-10(9-14-11)15-12(18)17-4-3-6-19-7-5-17/h8-9H,3-7H2,1-2H3,(H,15,18). The second-order valence-electron chi connectivity index (χ2n) is 4.55. The molecule has 0 radical (unpaired) electrons. The van der Waals surface area contributed by atoms with Gasteiger partial charge < -0.3 is 15.1 Å². The summed E-state index contributed by atoms with van der Waals surface area (Å²) in [5.74, 6) is 2.76. The summed E-state index contributed by atoms with van der Waals surface area (Å²) in [4.78, 5) is 24.1. The van der Waals surface area contributed by atoms with E-state index >= 15 is 0 Å². The summed E-state index contributed by atoms with van der Waals surface area (Å²) in [5.41, 5.74) is 0.632. The molecule has 0 unspecified atom stereocenters. The summed E-state index contributed by atoms with van der Waals surface area (Å²) in [6, 6.07) is -0.0660. The number of nitrogens with one attached hydrogen (secondary N) is 1. The van der Waals surface area contributed by atoms with E-state index in [1.165, 1.54) is 0 Å². The van der Waals surface area contributed by atoms with Gasteiger partial charge in [0.25, 0.3) is 0 Å². The number of rotatable bonds is 2. The molecule has 0 aromatic carbocycles. The zero-order valence-electron chi connectivity index (χ0n) is 11.3. The zero-order chi connectivity index (χ0) is 13.7. The van der Waals surface area contributed by atoms with Crippen molar-refractivity contribution in [2.75, 3.05) is 48.9 Å². The number of aromatic nitrogens is 2. The molecule has 1 aromatic heterocycles. The van der Waals surface area contributed by atoms with Gasteiger partial charge in [-0.05, 0) is 12.2 Å². The summed E-state index contributed by atoms with van der Waals surface area (Å²) in [6.07, 6.45) is 4.31. The number of anilines is 2. The van der Waals surface area contributed by atoms with E-state index < -0.39 is 0 Å². The minimum Gasteiger partial charge on any atom is -0.347 e. The Labute approximate surface area is 117 Å². The highest BCUT2D eigenvalue weighted by molar-refractivity contribution is 7.99. The first-order valence-electron chi connectivity index (χ1n) is 6.30. The molecule has 2 heterocycles. The normalized spacial score (nSPS) is 15.8. The fourth-order valence-corrected chi connectivity index (χ4v) is 2.66. The van der Waals surface area contributed by atoms with Crippen LogP contribution in [0.4, 0.5) is 16.4 Å². The molecule has 1 N–H and O–H groups in total. The largest absolute Gasteiger partial charge is 0.347 e. The number of carbonyl (C=O) groups is 1. The summed E-state index contributed by atoms with van der Waals surface area (Å²) in [6.45, 7) is 1.61. The van der Waals surface area contributed by atoms with Crippen molar-refractivity contribution < 1.29 is 4.79 Å². The first kappa shape index (κ1) is 13.9. The van der Waals surface area contributed by atoms with Crippen LogP contribution in [0.25, 0.3) is 0 Å². The Morgan fingerprint density at radius 1 is 1.32 bits per heavy atom. The van der Waals surface area contributed by atoms with Gasteiger partial charge in [0, 0.05) is 32.9 Å². The molecule has 1 aromatic rings. The smallest absolute Gasteiger partial charge is 0.321 e. The van der Waals surface area contributed by atoms with Crippen molar-refractivity contribution >= 4 is 29.4 Å². The van der Waals surface area contributed by atoms with Gasteiger partial charge in [-0.1, -0.05) is 0 Å². The van der Waals surface area contributed by atoms with Gasteiger partial charge in [-0.15, -0.1) is 0 Å². The summed E-state index contributed by atoms with van der Waals surface area (Å²) in [5, 5.41) is 2.84. The van der Waals surface area contributed by atoms with Crippen LogP contribution in [0.5, 0.6) is 0 Å². The Morgan fingerprint density at radius 3 is 2.74 bits per heavy atom. The van der Waals surface area contributed by atoms with Crippen LogP contribution < -0.4 is 10.2 Å². The Hall–Kier alpha value is -1.50. The average molecular weight is 281 g/mol. The third kappa shape index (κ3) is 3.99. The number of hydrogen-bond donors (Lipinski definition) is 1. The van der Waals surface area contributed by atoms with Gasteiger partial charge in [-0.25, -0.2) is 14.8 Å². The van der Waals surface area contributed by atoms with Crippen LogP contribution >= 0.6 is 11.8 Å². The molecule has 1 saturated heterocycles. The van der Waals surface area contributed by atoms with Crippen LogP contribution in [0.1, 0.15) is 6.42 Å². The predicted octanol–water partition coefficient (Wildman–Crippen LogP) is 1.51. The van der Waals surface area contributed by atoms with E-state index in [9.17, 15) is 4.79 Å². The van der Waals surface area contributed by atoms with E-state index in [0.29, 0.717) is 11.6 Å². The third-order valence-electron chi connectivity index (χ3n) is 2.80. The predicted molar refractivity (Wildman–Crippen MR) is 78.9 cm³/mol. The zero-order valence-corrected chi connectivity index (χ0v) is 12.1. The molecule has 7 heteroatoms. The molecule has 1 aliphatic rings. The highest BCUT2D eigenvalue weighted by Crippen LogP contribution is 2.12. The van der Waals surface area contributed by atoms with Crippen LogP contribution in [-0.4, -0.2) is 59.6 Å². The molecule has 1 fully saturated rings. The molecule has 2 amide bonds. The Bertz CT molecular complexity index is 415. The number of hydrogen-bond acceptors (Lipinski definition) is 5. The molecule has 6 nitrogen and oxygen atoms in total. The van der Waals surface area contributed by atoms with E-state index in [1.807, 2.05) is 35.7 Å². The van der Waals surface area contributed by atoms with Gasteiger partial charge >= 0.3 is 6.03 Å². The van der Waals surface area contributed by atoms with Crippen molar-refractivity contribution in [3.05, 3.63) is 12.4 Å². The highest BCUT2D eigenvalue weighted by atomic mass is 32.2. The van der Waals surface area contributed by atoms with Crippen molar-refractivity contribution in [1.82, 2.24) is 14.9 Å². The second kappa shape index (κ2) is 6.60. The van der Waals surface area contributed by atoms with Crippen molar-refractivity contribution in [2.24, 2.45) is 0 Å². The van der Waals surface area contributed by atoms with Crippen LogP contribution in [0.2, 0.25) is 0 Å². The van der Waals surface area contributed by atoms with Gasteiger partial charge in [-0.3, -0.25) is 0 Å². The minimum absolute atomic E-state index is 0.0660. The average Bonchev–Trinajstić information content (AvgIpc) is 2.68. The number of carbonyl (C=O) groups excluding carboxylic acids is 1. The van der Waals surface area contributed by atoms with Crippen LogP contribution in [0.3, 0.4) is 0 Å². The highest BCUT2D eigenvalue weighted by Gasteiger charge is 2.15. The van der Waals surface area contributed by atoms with E-state index in [4.69, 9.17) is 0 Å². The van der Waals surface area contributed by atoms with Crippen LogP contribution in [0, 0.1) is 0 Å². The minimum atomic E-state index is -0.0660. The van der Waals surface area contributed by atoms with Gasteiger partial charge in [-0.2, -0.15) is 11.8 Å². The summed E-state index contributed by atoms with van der Waals surface area (Å²) < 4.78 is 0. The first-order valence-corrected chi connectivity index (χ1v) is 7.45. The lowest BCUT2D eigenvalue weighted by molar-refractivity contribution is 0.216. The monoisotopic (exact) mass is 281 g/mol. The number of amides is 2. The molecule has 1 aliphatic heterocycles. The second-order valence-corrected chi connectivity index (χ2v) is 5.77. The Kier molecular flexibility index (Phi) is 4.84. The summed E-state index contributed by atoms with van der Waals surface area (Å²) >= 11 is 1.90. The SMILES string of the molecule is CN(C)c1ncc(NC(=O)N2CCCSCC2)cn1. The topological polar surface area (TPSA) is 61.4 Å². The van der Waals surface area contributed by atoms with E-state index in [0.717, 1.165) is 31.0 Å². The van der Waals surface area contributed by atoms with Crippen molar-refractivity contribution in [3.8, 4) is 0 Å². The van der Waals surface area contributed by atoms with E-state index in [-0.39, 0.29) is 6.03 Å². The van der Waals surface area contributed by atoms with E-state index in [2.05, 4.69) is 15.3 Å². The molecule has 0 saturated carbocycles. The molecule has 0 spiro atoms. The third-order valence-corrected chi connectivity index (χ3v) is 3.85. The Morgan fingerprint density at radius 2 is 2.05 bits per heavy atom. The molecule has 0 aliphatic carbocycles. The maximum atomic E-state index is 12.1. The maximum Gasteiger partial charge on any atom is 0.321 e. The fraction of sp³-hybridized carbons (Fsp3) is 0.583. The van der Waals surface area contributed by atoms with Crippen molar-refractivity contribution in [1.29, 1.82) is 0 Å². The van der Waals surface area contributed by atoms with Crippen molar-refractivity contribution in [2.45, 2.75) is 6.42 Å². The molecule has 2 rings (SSSR count). The van der Waals surface area contributed by atoms with Gasteiger partial charge in [0.1, 0.15) is 0 Å². The van der Waals surface area contributed by atoms with Gasteiger partial charge in [0.15, 0.2) is 0 Å². The van der Waals surface area contributed by atoms with Gasteiger partial charge in [0.2, 0.25) is 5.95 Å². The van der Waals surface area contributed by atoms with E-state index in [1.54, 1.807) is 12.4 Å². The molecular weight excluding hydrogens is 262 g/mol. The Balaban J connectivity index is 1.94. The number of urea groups is 1. The summed E-state index contributed by atoms with van der Waals surface area (Å²) in [7, 11) is 3.75. The van der Waals surface area contributed by atoms with Gasteiger partial charge in [0.05, 0.1) is 18.1 Å². The van der Waals surface area contributed by atoms with Crippen LogP contribution in [-0.2, 0) is 0 Å².